The third kappa shape index (κ3) is 4.43. The van der Waals surface area contributed by atoms with E-state index < -0.39 is 6.04 Å². The molecule has 0 spiro atoms. The van der Waals surface area contributed by atoms with Gasteiger partial charge in [-0.2, -0.15) is 5.10 Å². The number of nitrogens with zero attached hydrogens (tertiary/aromatic N) is 2. The van der Waals surface area contributed by atoms with E-state index in [0.717, 1.165) is 16.7 Å². The first-order valence-electron chi connectivity index (χ1n) is 11.7. The number of amides is 1. The SMILES string of the molecule is Cc1cc(O)c(-c2n[nH]c3c2[C@H](c2ccc(OCc4ccccc4)cc2)N(CCCO)C3=O)cc1Cl. The maximum atomic E-state index is 13.3. The molecule has 1 aliphatic rings. The third-order valence-electron chi connectivity index (χ3n) is 6.40. The average Bonchev–Trinajstić information content (AvgIpc) is 3.43. The van der Waals surface area contributed by atoms with Crippen LogP contribution >= 0.6 is 11.6 Å². The van der Waals surface area contributed by atoms with Gasteiger partial charge in [-0.25, -0.2) is 0 Å². The number of phenolic OH excluding ortho intramolecular Hbond substituents is 1. The van der Waals surface area contributed by atoms with E-state index in [2.05, 4.69) is 10.2 Å². The molecule has 1 aromatic heterocycles. The number of hydrogen-bond acceptors (Lipinski definition) is 5. The number of halogens is 1. The number of H-pyrrole nitrogens is 1. The zero-order chi connectivity index (χ0) is 25.2. The molecule has 1 amide bonds. The number of aromatic hydroxyl groups is 1. The minimum atomic E-state index is -0.449. The average molecular weight is 504 g/mol. The molecular formula is C28H26ClN3O4. The maximum absolute atomic E-state index is 13.3. The van der Waals surface area contributed by atoms with E-state index in [0.29, 0.717) is 52.9 Å². The fourth-order valence-electron chi connectivity index (χ4n) is 4.56. The number of nitrogens with one attached hydrogen (secondary N) is 1. The Morgan fingerprint density at radius 3 is 2.58 bits per heavy atom. The Morgan fingerprint density at radius 1 is 1.11 bits per heavy atom. The van der Waals surface area contributed by atoms with Crippen LogP contribution in [0.25, 0.3) is 11.3 Å². The van der Waals surface area contributed by atoms with Crippen molar-refractivity contribution in [3.05, 3.63) is 99.7 Å². The number of rotatable bonds is 8. The molecular weight excluding hydrogens is 478 g/mol. The van der Waals surface area contributed by atoms with Gasteiger partial charge < -0.3 is 19.8 Å². The summed E-state index contributed by atoms with van der Waals surface area (Å²) in [5.74, 6) is 0.546. The van der Waals surface area contributed by atoms with Gasteiger partial charge in [0.15, 0.2) is 0 Å². The number of fused-ring (bicyclic) bond motifs is 1. The Balaban J connectivity index is 1.51. The third-order valence-corrected chi connectivity index (χ3v) is 6.80. The van der Waals surface area contributed by atoms with Crippen molar-refractivity contribution in [3.63, 3.8) is 0 Å². The summed E-state index contributed by atoms with van der Waals surface area (Å²) in [5.41, 5.74) is 4.65. The molecule has 0 radical (unpaired) electrons. The number of phenols is 1. The molecule has 3 N–H and O–H groups in total. The normalized spacial score (nSPS) is 14.8. The number of hydrogen-bond donors (Lipinski definition) is 3. The van der Waals surface area contributed by atoms with E-state index in [1.165, 1.54) is 0 Å². The highest BCUT2D eigenvalue weighted by molar-refractivity contribution is 6.31. The summed E-state index contributed by atoms with van der Waals surface area (Å²) in [6.45, 7) is 2.60. The van der Waals surface area contributed by atoms with Crippen LogP contribution in [0, 0.1) is 6.92 Å². The van der Waals surface area contributed by atoms with Crippen molar-refractivity contribution < 1.29 is 19.7 Å². The largest absolute Gasteiger partial charge is 0.507 e. The van der Waals surface area contributed by atoms with Gasteiger partial charge in [-0.1, -0.05) is 54.1 Å². The summed E-state index contributed by atoms with van der Waals surface area (Å²) in [5, 5.41) is 27.9. The zero-order valence-electron chi connectivity index (χ0n) is 19.7. The minimum absolute atomic E-state index is 0.0316. The van der Waals surface area contributed by atoms with Crippen molar-refractivity contribution in [2.45, 2.75) is 26.0 Å². The van der Waals surface area contributed by atoms with Crippen LogP contribution in [0.15, 0.2) is 66.7 Å². The van der Waals surface area contributed by atoms with Crippen LogP contribution in [-0.4, -0.2) is 44.4 Å². The van der Waals surface area contributed by atoms with E-state index in [9.17, 15) is 15.0 Å². The molecule has 1 atom stereocenters. The van der Waals surface area contributed by atoms with Gasteiger partial charge in [-0.05, 0) is 54.3 Å². The fraction of sp³-hybridized carbons (Fsp3) is 0.214. The lowest BCUT2D eigenvalue weighted by Crippen LogP contribution is -2.31. The second kappa shape index (κ2) is 10.0. The number of aryl methyl sites for hydroxylation is 1. The Kier molecular flexibility index (Phi) is 6.67. The van der Waals surface area contributed by atoms with Gasteiger partial charge in [0, 0.05) is 29.3 Å². The summed E-state index contributed by atoms with van der Waals surface area (Å²) in [6.07, 6.45) is 0.440. The van der Waals surface area contributed by atoms with Gasteiger partial charge in [0.2, 0.25) is 0 Å². The Hall–Kier alpha value is -3.81. The van der Waals surface area contributed by atoms with E-state index in [-0.39, 0.29) is 18.3 Å². The topological polar surface area (TPSA) is 98.7 Å². The number of carbonyl (C=O) groups is 1. The fourth-order valence-corrected chi connectivity index (χ4v) is 4.73. The number of ether oxygens (including phenoxy) is 1. The molecule has 3 aromatic carbocycles. The molecule has 0 saturated heterocycles. The molecule has 0 saturated carbocycles. The van der Waals surface area contributed by atoms with Crippen molar-refractivity contribution in [2.24, 2.45) is 0 Å². The summed E-state index contributed by atoms with van der Waals surface area (Å²) >= 11 is 6.36. The van der Waals surface area contributed by atoms with Gasteiger partial charge >= 0.3 is 0 Å². The number of aromatic nitrogens is 2. The summed E-state index contributed by atoms with van der Waals surface area (Å²) in [6, 6.07) is 20.3. The van der Waals surface area contributed by atoms with Crippen LogP contribution in [-0.2, 0) is 6.61 Å². The van der Waals surface area contributed by atoms with Crippen LogP contribution in [0.1, 0.15) is 45.2 Å². The van der Waals surface area contributed by atoms with Gasteiger partial charge in [-0.15, -0.1) is 0 Å². The molecule has 7 nitrogen and oxygen atoms in total. The van der Waals surface area contributed by atoms with Crippen LogP contribution in [0.4, 0.5) is 0 Å². The molecule has 1 aliphatic heterocycles. The van der Waals surface area contributed by atoms with Gasteiger partial charge in [0.25, 0.3) is 5.91 Å². The molecule has 0 unspecified atom stereocenters. The maximum Gasteiger partial charge on any atom is 0.273 e. The van der Waals surface area contributed by atoms with Crippen LogP contribution < -0.4 is 4.74 Å². The molecule has 0 aliphatic carbocycles. The Morgan fingerprint density at radius 2 is 1.86 bits per heavy atom. The highest BCUT2D eigenvalue weighted by Crippen LogP contribution is 2.45. The highest BCUT2D eigenvalue weighted by atomic mass is 35.5. The number of aliphatic hydroxyl groups excluding tert-OH is 1. The predicted octanol–water partition coefficient (Wildman–Crippen LogP) is 5.25. The van der Waals surface area contributed by atoms with Crippen molar-refractivity contribution in [2.75, 3.05) is 13.2 Å². The van der Waals surface area contributed by atoms with E-state index >= 15 is 0 Å². The second-order valence-corrected chi connectivity index (χ2v) is 9.21. The van der Waals surface area contributed by atoms with Crippen molar-refractivity contribution in [3.8, 4) is 22.8 Å². The molecule has 8 heteroatoms. The van der Waals surface area contributed by atoms with Crippen LogP contribution in [0.5, 0.6) is 11.5 Å². The predicted molar refractivity (Wildman–Crippen MR) is 137 cm³/mol. The molecule has 2 heterocycles. The van der Waals surface area contributed by atoms with Crippen LogP contribution in [0.2, 0.25) is 5.02 Å². The summed E-state index contributed by atoms with van der Waals surface area (Å²) < 4.78 is 5.93. The van der Waals surface area contributed by atoms with E-state index in [1.54, 1.807) is 17.0 Å². The monoisotopic (exact) mass is 503 g/mol. The molecule has 0 fully saturated rings. The first-order valence-corrected chi connectivity index (χ1v) is 12.1. The zero-order valence-corrected chi connectivity index (χ0v) is 20.5. The summed E-state index contributed by atoms with van der Waals surface area (Å²) in [7, 11) is 0. The molecule has 4 aromatic rings. The lowest BCUT2D eigenvalue weighted by Gasteiger charge is -2.26. The van der Waals surface area contributed by atoms with Crippen molar-refractivity contribution in [1.82, 2.24) is 15.1 Å². The van der Waals surface area contributed by atoms with E-state index in [4.69, 9.17) is 16.3 Å². The highest BCUT2D eigenvalue weighted by Gasteiger charge is 2.42. The molecule has 184 valence electrons. The lowest BCUT2D eigenvalue weighted by atomic mass is 9.95. The van der Waals surface area contributed by atoms with Crippen molar-refractivity contribution >= 4 is 17.5 Å². The van der Waals surface area contributed by atoms with E-state index in [1.807, 2.05) is 61.5 Å². The quantitative estimate of drug-likeness (QED) is 0.305. The second-order valence-electron chi connectivity index (χ2n) is 8.80. The minimum Gasteiger partial charge on any atom is -0.507 e. The van der Waals surface area contributed by atoms with Gasteiger partial charge in [0.1, 0.15) is 29.5 Å². The van der Waals surface area contributed by atoms with Gasteiger partial charge in [0.05, 0.1) is 6.04 Å². The first kappa shape index (κ1) is 23.9. The molecule has 36 heavy (non-hydrogen) atoms. The lowest BCUT2D eigenvalue weighted by molar-refractivity contribution is 0.0732. The summed E-state index contributed by atoms with van der Waals surface area (Å²) in [4.78, 5) is 15.0. The Bertz CT molecular complexity index is 1390. The smallest absolute Gasteiger partial charge is 0.273 e. The number of aromatic amines is 1. The van der Waals surface area contributed by atoms with Gasteiger partial charge in [-0.3, -0.25) is 9.89 Å². The van der Waals surface area contributed by atoms with Crippen molar-refractivity contribution in [1.29, 1.82) is 0 Å². The molecule has 5 rings (SSSR count). The number of aliphatic hydroxyl groups is 1. The number of benzene rings is 3. The first-order chi connectivity index (χ1) is 17.5. The number of carbonyl (C=O) groups excluding carboxylic acids is 1. The van der Waals surface area contributed by atoms with Crippen LogP contribution in [0.3, 0.4) is 0 Å². The molecule has 0 bridgehead atoms. The Labute approximate surface area is 213 Å². The standard InChI is InChI=1S/C28H26ClN3O4/c1-17-14-23(34)21(15-22(17)29)25-24-26(31-30-25)28(35)32(12-5-13-33)27(24)19-8-10-20(11-9-19)36-16-18-6-3-2-4-7-18/h2-4,6-11,14-15,27,33-34H,5,12-13,16H2,1H3,(H,30,31)/t27-/m0/s1.